The minimum atomic E-state index is -1.43. The first-order valence-corrected chi connectivity index (χ1v) is 7.36. The van der Waals surface area contributed by atoms with Crippen molar-refractivity contribution in [1.82, 2.24) is 5.48 Å². The van der Waals surface area contributed by atoms with E-state index in [1.54, 1.807) is 0 Å². The molecule has 1 saturated carbocycles. The van der Waals surface area contributed by atoms with Crippen LogP contribution in [0.3, 0.4) is 0 Å². The summed E-state index contributed by atoms with van der Waals surface area (Å²) in [5.74, 6) is 0. The lowest BCUT2D eigenvalue weighted by molar-refractivity contribution is -0.297. The van der Waals surface area contributed by atoms with Crippen molar-refractivity contribution in [2.45, 2.75) is 67.5 Å². The summed E-state index contributed by atoms with van der Waals surface area (Å²) >= 11 is 0. The molecule has 2 aliphatic rings. The van der Waals surface area contributed by atoms with Crippen LogP contribution in [0.1, 0.15) is 6.42 Å². The Labute approximate surface area is 132 Å². The molecular weight excluding hydrogens is 314 g/mol. The van der Waals surface area contributed by atoms with Gasteiger partial charge in [-0.25, -0.2) is 0 Å². The number of nitrogens with two attached hydrogens (primary N) is 2. The average Bonchev–Trinajstić information content (AvgIpc) is 2.55. The molecule has 2 rings (SSSR count). The van der Waals surface area contributed by atoms with E-state index in [4.69, 9.17) is 26.0 Å². The van der Waals surface area contributed by atoms with E-state index >= 15 is 0 Å². The molecule has 23 heavy (non-hydrogen) atoms. The summed E-state index contributed by atoms with van der Waals surface area (Å²) in [6.07, 6.45) is -8.95. The molecular formula is C12H25N3O8. The first-order chi connectivity index (χ1) is 10.8. The van der Waals surface area contributed by atoms with Crippen LogP contribution in [-0.2, 0) is 9.47 Å². The van der Waals surface area contributed by atoms with E-state index in [0.717, 1.165) is 0 Å². The fraction of sp³-hybridized carbons (Fsp3) is 1.00. The zero-order valence-electron chi connectivity index (χ0n) is 12.3. The Balaban J connectivity index is 2.11. The fourth-order valence-corrected chi connectivity index (χ4v) is 2.93. The van der Waals surface area contributed by atoms with Crippen LogP contribution in [0.15, 0.2) is 0 Å². The molecule has 0 aromatic rings. The Hall–Kier alpha value is -0.440. The highest BCUT2D eigenvalue weighted by Gasteiger charge is 2.48. The Morgan fingerprint density at radius 3 is 2.26 bits per heavy atom. The molecule has 11 N–H and O–H groups in total. The van der Waals surface area contributed by atoms with Crippen LogP contribution in [0, 0.1) is 0 Å². The first kappa shape index (κ1) is 18.9. The Kier molecular flexibility index (Phi) is 6.27. The number of nitrogens with one attached hydrogen (secondary N) is 1. The van der Waals surface area contributed by atoms with Crippen LogP contribution in [0.2, 0.25) is 0 Å². The molecule has 136 valence electrons. The van der Waals surface area contributed by atoms with Gasteiger partial charge in [-0.3, -0.25) is 0 Å². The van der Waals surface area contributed by atoms with E-state index < -0.39 is 67.6 Å². The van der Waals surface area contributed by atoms with Gasteiger partial charge in [0.05, 0.1) is 24.8 Å². The molecule has 0 unspecified atom stereocenters. The van der Waals surface area contributed by atoms with Crippen LogP contribution < -0.4 is 16.9 Å². The monoisotopic (exact) mass is 339 g/mol. The van der Waals surface area contributed by atoms with Gasteiger partial charge in [0, 0.05) is 6.04 Å². The molecule has 1 aliphatic heterocycles. The predicted octanol–water partition coefficient (Wildman–Crippen LogP) is -5.06. The van der Waals surface area contributed by atoms with E-state index in [2.05, 4.69) is 0 Å². The van der Waals surface area contributed by atoms with Crippen molar-refractivity contribution in [1.29, 1.82) is 0 Å². The molecule has 2 fully saturated rings. The van der Waals surface area contributed by atoms with Crippen LogP contribution in [-0.4, -0.2) is 98.4 Å². The van der Waals surface area contributed by atoms with E-state index in [0.29, 0.717) is 0 Å². The zero-order chi connectivity index (χ0) is 17.3. The van der Waals surface area contributed by atoms with Crippen molar-refractivity contribution in [2.24, 2.45) is 11.5 Å². The normalized spacial score (nSPS) is 51.7. The third-order valence-corrected chi connectivity index (χ3v) is 4.43. The summed E-state index contributed by atoms with van der Waals surface area (Å²) in [6, 6.07) is -2.74. The molecule has 0 aromatic carbocycles. The topological polar surface area (TPSA) is 204 Å². The third-order valence-electron chi connectivity index (χ3n) is 4.43. The van der Waals surface area contributed by atoms with E-state index in [1.165, 1.54) is 0 Å². The summed E-state index contributed by atoms with van der Waals surface area (Å²) in [6.45, 7) is -0.576. The van der Waals surface area contributed by atoms with E-state index in [-0.39, 0.29) is 6.42 Å². The summed E-state index contributed by atoms with van der Waals surface area (Å²) in [4.78, 5) is 0. The number of hydroxylamine groups is 1. The average molecular weight is 339 g/mol. The number of ether oxygens (including phenoxy) is 2. The van der Waals surface area contributed by atoms with Gasteiger partial charge >= 0.3 is 0 Å². The molecule has 0 spiro atoms. The number of hydrogen-bond acceptors (Lipinski definition) is 11. The molecule has 0 radical (unpaired) electrons. The summed E-state index contributed by atoms with van der Waals surface area (Å²) in [7, 11) is 0. The maximum Gasteiger partial charge on any atom is 0.176 e. The predicted molar refractivity (Wildman–Crippen MR) is 73.9 cm³/mol. The lowest BCUT2D eigenvalue weighted by atomic mass is 9.84. The minimum absolute atomic E-state index is 0.107. The van der Waals surface area contributed by atoms with Crippen molar-refractivity contribution in [3.63, 3.8) is 0 Å². The number of aliphatic hydroxyl groups is 5. The molecule has 0 bridgehead atoms. The molecule has 0 amide bonds. The summed E-state index contributed by atoms with van der Waals surface area (Å²) in [5, 5.41) is 57.9. The maximum absolute atomic E-state index is 10.1. The molecule has 0 aromatic heterocycles. The van der Waals surface area contributed by atoms with Gasteiger partial charge in [0.25, 0.3) is 0 Å². The van der Waals surface area contributed by atoms with Gasteiger partial charge < -0.3 is 51.7 Å². The van der Waals surface area contributed by atoms with Crippen LogP contribution in [0.4, 0.5) is 0 Å². The molecule has 1 saturated heterocycles. The molecule has 1 heterocycles. The van der Waals surface area contributed by atoms with Crippen LogP contribution in [0.25, 0.3) is 0 Å². The third kappa shape index (κ3) is 3.65. The highest BCUT2D eigenvalue weighted by atomic mass is 16.7. The van der Waals surface area contributed by atoms with Gasteiger partial charge in [-0.2, -0.15) is 5.48 Å². The first-order valence-electron chi connectivity index (χ1n) is 7.36. The summed E-state index contributed by atoms with van der Waals surface area (Å²) in [5.41, 5.74) is 13.4. The van der Waals surface area contributed by atoms with Gasteiger partial charge in [-0.1, -0.05) is 0 Å². The number of hydrogen-bond donors (Lipinski definition) is 9. The van der Waals surface area contributed by atoms with E-state index in [9.17, 15) is 25.6 Å². The lowest BCUT2D eigenvalue weighted by Crippen LogP contribution is -2.67. The molecule has 1 aliphatic carbocycles. The lowest BCUT2D eigenvalue weighted by Gasteiger charge is -2.46. The highest BCUT2D eigenvalue weighted by molar-refractivity contribution is 4.99. The smallest absolute Gasteiger partial charge is 0.176 e. The van der Waals surface area contributed by atoms with E-state index in [1.807, 2.05) is 5.48 Å². The summed E-state index contributed by atoms with van der Waals surface area (Å²) < 4.78 is 10.8. The van der Waals surface area contributed by atoms with Crippen LogP contribution in [0.5, 0.6) is 0 Å². The zero-order valence-corrected chi connectivity index (χ0v) is 12.3. The second-order valence-corrected chi connectivity index (χ2v) is 6.00. The maximum atomic E-state index is 10.1. The van der Waals surface area contributed by atoms with Gasteiger partial charge in [-0.15, -0.1) is 0 Å². The van der Waals surface area contributed by atoms with Gasteiger partial charge in [0.15, 0.2) is 6.29 Å². The van der Waals surface area contributed by atoms with Crippen molar-refractivity contribution in [2.75, 3.05) is 6.61 Å². The fourth-order valence-electron chi connectivity index (χ4n) is 2.93. The number of aliphatic hydroxyl groups excluding tert-OH is 5. The van der Waals surface area contributed by atoms with Crippen molar-refractivity contribution < 1.29 is 40.2 Å². The Bertz CT molecular complexity index is 387. The van der Waals surface area contributed by atoms with Crippen molar-refractivity contribution in [3.05, 3.63) is 0 Å². The molecule has 11 nitrogen and oxygen atoms in total. The second-order valence-electron chi connectivity index (χ2n) is 6.00. The van der Waals surface area contributed by atoms with Crippen molar-refractivity contribution >= 4 is 0 Å². The standard InChI is InChI=1S/C12H25N3O8/c13-3-1-4(15-21)11(10(20)7(3)17)23-12-6(14)9(19)8(18)5(2-16)22-12/h3-12,15-21H,1-2,13-14H2/t3-,4+,5-,6-,7+,8-,9-,10-,11-,12-/m1/s1. The van der Waals surface area contributed by atoms with Crippen LogP contribution >= 0.6 is 0 Å². The largest absolute Gasteiger partial charge is 0.394 e. The number of rotatable bonds is 4. The molecule has 11 heteroatoms. The SMILES string of the molecule is N[C@H]1[C@@H](O[C@H]2[C@H](O)[C@@H](O)[C@H](N)C[C@@H]2NO)O[C@H](CO)[C@@H](O)[C@@H]1O. The Morgan fingerprint density at radius 2 is 1.70 bits per heavy atom. The quantitative estimate of drug-likeness (QED) is 0.222. The van der Waals surface area contributed by atoms with Gasteiger partial charge in [-0.05, 0) is 6.42 Å². The Morgan fingerprint density at radius 1 is 1.04 bits per heavy atom. The van der Waals surface area contributed by atoms with Gasteiger partial charge in [0.1, 0.15) is 30.5 Å². The highest BCUT2D eigenvalue weighted by Crippen LogP contribution is 2.27. The van der Waals surface area contributed by atoms with Gasteiger partial charge in [0.2, 0.25) is 0 Å². The minimum Gasteiger partial charge on any atom is -0.394 e. The van der Waals surface area contributed by atoms with Crippen molar-refractivity contribution in [3.8, 4) is 0 Å². The molecule has 10 atom stereocenters. The second kappa shape index (κ2) is 7.63.